The first-order valence-electron chi connectivity index (χ1n) is 10.4. The van der Waals surface area contributed by atoms with Gasteiger partial charge in [0, 0.05) is 19.3 Å². The van der Waals surface area contributed by atoms with Crippen molar-refractivity contribution in [1.29, 1.82) is 0 Å². The van der Waals surface area contributed by atoms with Crippen molar-refractivity contribution < 1.29 is 40.6 Å². The van der Waals surface area contributed by atoms with Crippen molar-refractivity contribution in [3.63, 3.8) is 0 Å². The predicted octanol–water partition coefficient (Wildman–Crippen LogP) is 6.87. The van der Waals surface area contributed by atoms with Gasteiger partial charge in [-0.25, -0.2) is 26.7 Å². The summed E-state index contributed by atoms with van der Waals surface area (Å²) >= 11 is 0. The summed E-state index contributed by atoms with van der Waals surface area (Å²) in [7, 11) is 1.65. The van der Waals surface area contributed by atoms with E-state index in [2.05, 4.69) is 4.74 Å². The molecule has 0 aliphatic heterocycles. The fourth-order valence-corrected chi connectivity index (χ4v) is 3.82. The van der Waals surface area contributed by atoms with E-state index in [-0.39, 0.29) is 11.5 Å². The summed E-state index contributed by atoms with van der Waals surface area (Å²) in [6.45, 7) is 0.695. The number of rotatable bonds is 7. The van der Waals surface area contributed by atoms with Gasteiger partial charge in [-0.15, -0.1) is 0 Å². The minimum atomic E-state index is -3.28. The van der Waals surface area contributed by atoms with Crippen LogP contribution in [0.25, 0.3) is 6.08 Å². The van der Waals surface area contributed by atoms with E-state index in [1.165, 1.54) is 12.1 Å². The van der Waals surface area contributed by atoms with Gasteiger partial charge in [-0.05, 0) is 55.7 Å². The molecular formula is C24H22F6O3. The molecule has 1 aliphatic carbocycles. The third kappa shape index (κ3) is 5.76. The molecule has 33 heavy (non-hydrogen) atoms. The highest BCUT2D eigenvalue weighted by Crippen LogP contribution is 2.31. The number of hydrogen-bond acceptors (Lipinski definition) is 3. The number of carbonyl (C=O) groups excluding carboxylic acids is 1. The number of ether oxygens (including phenoxy) is 2. The summed E-state index contributed by atoms with van der Waals surface area (Å²) in [4.78, 5) is 12.2. The molecule has 0 amide bonds. The lowest BCUT2D eigenvalue weighted by Gasteiger charge is -2.26. The molecule has 0 spiro atoms. The van der Waals surface area contributed by atoms with Gasteiger partial charge in [0.05, 0.1) is 11.1 Å². The van der Waals surface area contributed by atoms with Crippen molar-refractivity contribution in [2.45, 2.75) is 32.1 Å². The highest BCUT2D eigenvalue weighted by Gasteiger charge is 2.25. The van der Waals surface area contributed by atoms with Crippen molar-refractivity contribution >= 4 is 12.0 Å². The summed E-state index contributed by atoms with van der Waals surface area (Å²) in [5.74, 6) is -8.36. The smallest absolute Gasteiger partial charge is 0.346 e. The molecule has 2 aromatic rings. The van der Waals surface area contributed by atoms with Crippen LogP contribution in [0, 0.1) is 35.1 Å². The van der Waals surface area contributed by atoms with Gasteiger partial charge < -0.3 is 9.47 Å². The number of methoxy groups -OCH3 is 1. The number of alkyl halides is 2. The Kier molecular flexibility index (Phi) is 8.18. The Bertz CT molecular complexity index is 1030. The van der Waals surface area contributed by atoms with Crippen LogP contribution in [0.4, 0.5) is 26.3 Å². The van der Waals surface area contributed by atoms with Crippen molar-refractivity contribution in [2.24, 2.45) is 11.8 Å². The number of esters is 1. The topological polar surface area (TPSA) is 35.5 Å². The van der Waals surface area contributed by atoms with E-state index in [0.717, 1.165) is 31.7 Å². The first-order valence-corrected chi connectivity index (χ1v) is 10.4. The molecule has 1 fully saturated rings. The maximum atomic E-state index is 14.5. The Morgan fingerprint density at radius 2 is 1.67 bits per heavy atom. The molecule has 3 nitrogen and oxygen atoms in total. The lowest BCUT2D eigenvalue weighted by Crippen LogP contribution is -2.17. The zero-order valence-corrected chi connectivity index (χ0v) is 17.7. The van der Waals surface area contributed by atoms with E-state index in [1.54, 1.807) is 13.2 Å². The molecule has 9 heteroatoms. The summed E-state index contributed by atoms with van der Waals surface area (Å²) < 4.78 is 91.5. The van der Waals surface area contributed by atoms with Crippen LogP contribution < -0.4 is 4.74 Å². The van der Waals surface area contributed by atoms with Crippen LogP contribution in [0.3, 0.4) is 0 Å². The van der Waals surface area contributed by atoms with Crippen LogP contribution in [0.2, 0.25) is 0 Å². The molecule has 0 bridgehead atoms. The predicted molar refractivity (Wildman–Crippen MR) is 109 cm³/mol. The molecule has 0 saturated heterocycles. The Morgan fingerprint density at radius 1 is 0.970 bits per heavy atom. The molecule has 0 aromatic heterocycles. The minimum absolute atomic E-state index is 0.0819. The third-order valence-electron chi connectivity index (χ3n) is 5.69. The Morgan fingerprint density at radius 3 is 2.30 bits per heavy atom. The monoisotopic (exact) mass is 472 g/mol. The normalized spacial score (nSPS) is 18.8. The Hall–Kier alpha value is -2.81. The van der Waals surface area contributed by atoms with Gasteiger partial charge in [-0.1, -0.05) is 18.2 Å². The Labute approximate surface area is 187 Å². The standard InChI is InChI=1S/C24H22F6O3/c1-32-12-14-4-2-13(3-5-14)6-7-15-8-9-17(21(27)19(15)25)24(31)33-18-11-10-16(23(29)30)20(26)22(18)28/h6-11,13-14,23H,2-5,12H2,1H3/b7-6+. The number of benzene rings is 2. The second-order valence-electron chi connectivity index (χ2n) is 7.90. The molecule has 0 N–H and O–H groups in total. The maximum Gasteiger partial charge on any atom is 0.346 e. The van der Waals surface area contributed by atoms with Crippen LogP contribution in [-0.4, -0.2) is 19.7 Å². The molecule has 1 saturated carbocycles. The third-order valence-corrected chi connectivity index (χ3v) is 5.69. The SMILES string of the molecule is COCC1CCC(/C=C/c2ccc(C(=O)Oc3ccc(C(F)F)c(F)c3F)c(F)c2F)CC1. The van der Waals surface area contributed by atoms with Crippen LogP contribution >= 0.6 is 0 Å². The number of halogens is 6. The molecule has 2 aromatic carbocycles. The van der Waals surface area contributed by atoms with Crippen molar-refractivity contribution in [3.05, 3.63) is 70.3 Å². The average molecular weight is 472 g/mol. The number of hydrogen-bond donors (Lipinski definition) is 0. The van der Waals surface area contributed by atoms with Crippen LogP contribution in [0.5, 0.6) is 5.75 Å². The Balaban J connectivity index is 1.71. The van der Waals surface area contributed by atoms with Gasteiger partial charge in [-0.2, -0.15) is 4.39 Å². The second kappa shape index (κ2) is 10.9. The van der Waals surface area contributed by atoms with Crippen molar-refractivity contribution in [3.8, 4) is 5.75 Å². The first-order chi connectivity index (χ1) is 15.7. The molecule has 3 rings (SSSR count). The van der Waals surface area contributed by atoms with Gasteiger partial charge in [0.1, 0.15) is 0 Å². The van der Waals surface area contributed by atoms with E-state index < -0.39 is 52.5 Å². The largest absolute Gasteiger partial charge is 0.420 e. The quantitative estimate of drug-likeness (QED) is 0.251. The fourth-order valence-electron chi connectivity index (χ4n) is 3.82. The lowest BCUT2D eigenvalue weighted by atomic mass is 9.82. The van der Waals surface area contributed by atoms with Gasteiger partial charge in [0.2, 0.25) is 5.82 Å². The molecule has 0 heterocycles. The van der Waals surface area contributed by atoms with Gasteiger partial charge in [-0.3, -0.25) is 0 Å². The zero-order chi connectivity index (χ0) is 24.1. The van der Waals surface area contributed by atoms with Crippen LogP contribution in [0.1, 0.15) is 53.6 Å². The molecular weight excluding hydrogens is 450 g/mol. The fraction of sp³-hybridized carbons (Fsp3) is 0.375. The summed E-state index contributed by atoms with van der Waals surface area (Å²) in [6, 6.07) is 3.28. The molecule has 0 unspecified atom stereocenters. The van der Waals surface area contributed by atoms with E-state index in [1.807, 2.05) is 0 Å². The highest BCUT2D eigenvalue weighted by molar-refractivity contribution is 5.91. The van der Waals surface area contributed by atoms with Gasteiger partial charge in [0.25, 0.3) is 6.43 Å². The molecule has 1 aliphatic rings. The van der Waals surface area contributed by atoms with E-state index in [0.29, 0.717) is 24.7 Å². The summed E-state index contributed by atoms with van der Waals surface area (Å²) in [5, 5.41) is 0. The first kappa shape index (κ1) is 24.8. The molecule has 178 valence electrons. The van der Waals surface area contributed by atoms with E-state index in [4.69, 9.17) is 4.74 Å². The zero-order valence-electron chi connectivity index (χ0n) is 17.7. The van der Waals surface area contributed by atoms with Crippen LogP contribution in [0.15, 0.2) is 30.3 Å². The molecule has 0 radical (unpaired) electrons. The van der Waals surface area contributed by atoms with Gasteiger partial charge >= 0.3 is 5.97 Å². The highest BCUT2D eigenvalue weighted by atomic mass is 19.3. The summed E-state index contributed by atoms with van der Waals surface area (Å²) in [5.41, 5.74) is -2.14. The van der Waals surface area contributed by atoms with E-state index >= 15 is 0 Å². The van der Waals surface area contributed by atoms with E-state index in [9.17, 15) is 31.1 Å². The average Bonchev–Trinajstić information content (AvgIpc) is 2.79. The maximum absolute atomic E-state index is 14.5. The van der Waals surface area contributed by atoms with Gasteiger partial charge in [0.15, 0.2) is 23.2 Å². The number of allylic oxidation sites excluding steroid dienone is 1. The number of carbonyl (C=O) groups is 1. The summed E-state index contributed by atoms with van der Waals surface area (Å²) in [6.07, 6.45) is 3.68. The molecule has 0 atom stereocenters. The van der Waals surface area contributed by atoms with Crippen molar-refractivity contribution in [2.75, 3.05) is 13.7 Å². The van der Waals surface area contributed by atoms with Crippen molar-refractivity contribution in [1.82, 2.24) is 0 Å². The second-order valence-corrected chi connectivity index (χ2v) is 7.90. The minimum Gasteiger partial charge on any atom is -0.420 e. The van der Waals surface area contributed by atoms with Crippen LogP contribution in [-0.2, 0) is 4.74 Å². The lowest BCUT2D eigenvalue weighted by molar-refractivity contribution is 0.0720.